The van der Waals surface area contributed by atoms with Gasteiger partial charge in [-0.05, 0) is 43.3 Å². The number of nitrogens with zero attached hydrogens (tertiary/aromatic N) is 4. The molecule has 0 aliphatic carbocycles. The minimum absolute atomic E-state index is 0.0319. The van der Waals surface area contributed by atoms with Crippen LogP contribution in [0.1, 0.15) is 15.9 Å². The van der Waals surface area contributed by atoms with Crippen molar-refractivity contribution in [3.8, 4) is 11.8 Å². The predicted molar refractivity (Wildman–Crippen MR) is 149 cm³/mol. The average molecular weight is 581 g/mol. The normalized spacial score (nSPS) is 16.6. The van der Waals surface area contributed by atoms with E-state index in [4.69, 9.17) is 10.2 Å². The lowest BCUT2D eigenvalue weighted by molar-refractivity contribution is -0.134. The van der Waals surface area contributed by atoms with Gasteiger partial charge in [-0.3, -0.25) is 14.6 Å². The largest absolute Gasteiger partial charge is 0.478 e. The highest BCUT2D eigenvalue weighted by Crippen LogP contribution is 2.46. The van der Waals surface area contributed by atoms with Crippen LogP contribution in [0.3, 0.4) is 0 Å². The number of fused-ring (bicyclic) bond motifs is 2. The number of anilines is 3. The molecule has 5 rings (SSSR count). The van der Waals surface area contributed by atoms with Crippen LogP contribution in [0.2, 0.25) is 0 Å². The van der Waals surface area contributed by atoms with E-state index < -0.39 is 11.9 Å². The molecule has 2 N–H and O–H groups in total. The molecule has 3 aliphatic heterocycles. The van der Waals surface area contributed by atoms with E-state index in [-0.39, 0.29) is 5.91 Å². The Balaban J connectivity index is 0.000000368. The first kappa shape index (κ1) is 27.4. The molecule has 0 spiro atoms. The molecule has 3 heterocycles. The van der Waals surface area contributed by atoms with Gasteiger partial charge in [0.15, 0.2) is 0 Å². The van der Waals surface area contributed by atoms with Crippen LogP contribution < -0.4 is 9.80 Å². The number of amides is 1. The fraction of sp³-hybridized carbons (Fsp3) is 0.321. The first-order chi connectivity index (χ1) is 18.2. The highest BCUT2D eigenvalue weighted by Gasteiger charge is 2.34. The second kappa shape index (κ2) is 12.3. The van der Waals surface area contributed by atoms with E-state index in [0.29, 0.717) is 18.7 Å². The summed E-state index contributed by atoms with van der Waals surface area (Å²) in [5.41, 5.74) is 5.10. The zero-order valence-electron chi connectivity index (χ0n) is 21.1. The van der Waals surface area contributed by atoms with Gasteiger partial charge in [-0.15, -0.1) is 0 Å². The number of likely N-dealkylation sites (N-methyl/N-ethyl adjacent to an activating group) is 1. The summed E-state index contributed by atoms with van der Waals surface area (Å²) in [5, 5.41) is 15.6. The van der Waals surface area contributed by atoms with Crippen molar-refractivity contribution in [1.29, 1.82) is 0 Å². The number of carboxylic acids is 2. The van der Waals surface area contributed by atoms with E-state index in [1.54, 1.807) is 0 Å². The Kier molecular flexibility index (Phi) is 8.84. The summed E-state index contributed by atoms with van der Waals surface area (Å²) in [7, 11) is 2.16. The van der Waals surface area contributed by atoms with E-state index in [1.165, 1.54) is 5.56 Å². The Labute approximate surface area is 230 Å². The Morgan fingerprint density at radius 1 is 0.947 bits per heavy atom. The average Bonchev–Trinajstić information content (AvgIpc) is 3.29. The van der Waals surface area contributed by atoms with Gasteiger partial charge in [-0.2, -0.15) is 0 Å². The molecule has 10 heteroatoms. The molecule has 0 unspecified atom stereocenters. The maximum atomic E-state index is 13.6. The molecule has 198 valence electrons. The number of carbonyl (C=O) groups is 3. The molecule has 38 heavy (non-hydrogen) atoms. The summed E-state index contributed by atoms with van der Waals surface area (Å²) >= 11 is 3.59. The first-order valence-electron chi connectivity index (χ1n) is 12.3. The predicted octanol–water partition coefficient (Wildman–Crippen LogP) is 3.07. The monoisotopic (exact) mass is 580 g/mol. The molecule has 3 aliphatic rings. The number of carbonyl (C=O) groups excluding carboxylic acids is 1. The number of halogens is 1. The molecule has 0 saturated carbocycles. The molecule has 0 bridgehead atoms. The lowest BCUT2D eigenvalue weighted by Gasteiger charge is -2.30. The number of hydrogen-bond donors (Lipinski definition) is 2. The van der Waals surface area contributed by atoms with Crippen LogP contribution in [0.25, 0.3) is 0 Å². The van der Waals surface area contributed by atoms with Gasteiger partial charge in [0, 0.05) is 49.3 Å². The third kappa shape index (κ3) is 6.42. The number of benzene rings is 2. The van der Waals surface area contributed by atoms with Crippen molar-refractivity contribution in [1.82, 2.24) is 9.80 Å². The summed E-state index contributed by atoms with van der Waals surface area (Å²) < 4.78 is 0.967. The maximum absolute atomic E-state index is 13.6. The van der Waals surface area contributed by atoms with Crippen molar-refractivity contribution in [2.75, 3.05) is 62.7 Å². The number of para-hydroxylation sites is 1. The molecule has 1 fully saturated rings. The van der Waals surface area contributed by atoms with Gasteiger partial charge in [0.1, 0.15) is 0 Å². The molecular weight excluding hydrogens is 552 g/mol. The van der Waals surface area contributed by atoms with Crippen molar-refractivity contribution in [2.24, 2.45) is 0 Å². The van der Waals surface area contributed by atoms with Gasteiger partial charge in [0.25, 0.3) is 5.91 Å². The topological polar surface area (TPSA) is 105 Å². The van der Waals surface area contributed by atoms with Gasteiger partial charge in [0.2, 0.25) is 0 Å². The molecule has 2 aromatic carbocycles. The fourth-order valence-corrected chi connectivity index (χ4v) is 5.02. The van der Waals surface area contributed by atoms with Gasteiger partial charge >= 0.3 is 11.9 Å². The number of aliphatic carboxylic acids is 2. The second-order valence-corrected chi connectivity index (χ2v) is 10.1. The van der Waals surface area contributed by atoms with E-state index >= 15 is 0 Å². The Bertz CT molecular complexity index is 1310. The lowest BCUT2D eigenvalue weighted by atomic mass is 10.1. The molecule has 9 nitrogen and oxygen atoms in total. The van der Waals surface area contributed by atoms with Crippen molar-refractivity contribution in [3.05, 3.63) is 64.1 Å². The van der Waals surface area contributed by atoms with Gasteiger partial charge in [-0.25, -0.2) is 9.59 Å². The maximum Gasteiger partial charge on any atom is 0.328 e. The quantitative estimate of drug-likeness (QED) is 0.420. The smallest absolute Gasteiger partial charge is 0.328 e. The van der Waals surface area contributed by atoms with Crippen molar-refractivity contribution < 1.29 is 24.6 Å². The van der Waals surface area contributed by atoms with Crippen molar-refractivity contribution in [3.63, 3.8) is 0 Å². The lowest BCUT2D eigenvalue weighted by Crippen LogP contribution is -2.44. The van der Waals surface area contributed by atoms with Crippen LogP contribution in [-0.4, -0.2) is 90.7 Å². The Morgan fingerprint density at radius 3 is 2.32 bits per heavy atom. The Hall–Kier alpha value is -3.65. The second-order valence-electron chi connectivity index (χ2n) is 9.18. The van der Waals surface area contributed by atoms with E-state index in [9.17, 15) is 14.4 Å². The van der Waals surface area contributed by atoms with Crippen LogP contribution in [0.5, 0.6) is 0 Å². The highest BCUT2D eigenvalue weighted by atomic mass is 79.9. The van der Waals surface area contributed by atoms with E-state index in [2.05, 4.69) is 61.7 Å². The standard InChI is InChI=1S/C24H25BrN4O.C4H4O4/c1-26-13-15-27(16-14-26)10-2-3-11-29-22-17-19(25)7-8-21(22)28-12-9-18-5-4-6-20(23(18)28)24(29)30;5-3(6)1-2-4(7)8/h4-8,17H,9-16H2,1H3;1-2H,(H,5,6)(H,7,8)/b;2-1+. The molecule has 1 saturated heterocycles. The molecule has 0 atom stereocenters. The molecular formula is C28H29BrN4O5. The first-order valence-corrected chi connectivity index (χ1v) is 13.1. The summed E-state index contributed by atoms with van der Waals surface area (Å²) in [5.74, 6) is 4.10. The fourth-order valence-electron chi connectivity index (χ4n) is 4.67. The van der Waals surface area contributed by atoms with Gasteiger partial charge in [-0.1, -0.05) is 39.9 Å². The number of hydrogen-bond acceptors (Lipinski definition) is 6. The molecule has 2 aromatic rings. The third-order valence-electron chi connectivity index (χ3n) is 6.62. The number of carboxylic acid groups (broad SMARTS) is 2. The summed E-state index contributed by atoms with van der Waals surface area (Å²) in [6.07, 6.45) is 2.08. The van der Waals surface area contributed by atoms with Crippen LogP contribution in [0, 0.1) is 11.8 Å². The number of piperazine rings is 1. The SMILES string of the molecule is CN1CCN(CC#CCN2C(=O)c3cccc4c3N(CC4)c3ccc(Br)cc32)CC1.O=C(O)/C=C/C(=O)O. The molecule has 1 amide bonds. The zero-order chi connectivity index (χ0) is 27.2. The Morgan fingerprint density at radius 2 is 1.63 bits per heavy atom. The van der Waals surface area contributed by atoms with Crippen LogP contribution >= 0.6 is 15.9 Å². The molecule has 0 aromatic heterocycles. The van der Waals surface area contributed by atoms with E-state index in [1.807, 2.05) is 29.2 Å². The minimum atomic E-state index is -1.26. The minimum Gasteiger partial charge on any atom is -0.478 e. The van der Waals surface area contributed by atoms with Crippen molar-refractivity contribution >= 4 is 50.8 Å². The van der Waals surface area contributed by atoms with Crippen LogP contribution in [0.4, 0.5) is 17.1 Å². The summed E-state index contributed by atoms with van der Waals surface area (Å²) in [6.45, 7) is 6.33. The van der Waals surface area contributed by atoms with Crippen LogP contribution in [0.15, 0.2) is 53.0 Å². The number of rotatable bonds is 4. The van der Waals surface area contributed by atoms with Crippen molar-refractivity contribution in [2.45, 2.75) is 6.42 Å². The third-order valence-corrected chi connectivity index (χ3v) is 7.11. The van der Waals surface area contributed by atoms with Crippen LogP contribution in [-0.2, 0) is 16.0 Å². The van der Waals surface area contributed by atoms with Gasteiger partial charge < -0.3 is 20.0 Å². The van der Waals surface area contributed by atoms with Gasteiger partial charge in [0.05, 0.1) is 35.7 Å². The summed E-state index contributed by atoms with van der Waals surface area (Å²) in [6, 6.07) is 12.3. The summed E-state index contributed by atoms with van der Waals surface area (Å²) in [4.78, 5) is 41.5. The molecule has 0 radical (unpaired) electrons. The zero-order valence-corrected chi connectivity index (χ0v) is 22.6. The highest BCUT2D eigenvalue weighted by molar-refractivity contribution is 9.10. The van der Waals surface area contributed by atoms with E-state index in [0.717, 1.165) is 72.8 Å².